The Morgan fingerprint density at radius 3 is 2.60 bits per heavy atom. The van der Waals surface area contributed by atoms with Gasteiger partial charge in [0, 0.05) is 11.8 Å². The highest BCUT2D eigenvalue weighted by Gasteiger charge is 1.98. The van der Waals surface area contributed by atoms with E-state index in [1.54, 1.807) is 30.3 Å². The van der Waals surface area contributed by atoms with Gasteiger partial charge in [0.05, 0.1) is 11.6 Å². The van der Waals surface area contributed by atoms with Gasteiger partial charge in [0.2, 0.25) is 5.91 Å². The summed E-state index contributed by atoms with van der Waals surface area (Å²) in [6.45, 7) is 1.97. The normalized spacial score (nSPS) is 10.2. The minimum absolute atomic E-state index is 0.181. The number of hydrogen-bond donors (Lipinski definition) is 1. The van der Waals surface area contributed by atoms with Crippen LogP contribution in [0.2, 0.25) is 0 Å². The number of aryl methyl sites for hydroxylation is 1. The Bertz CT molecular complexity index is 679. The third kappa shape index (κ3) is 3.82. The largest absolute Gasteiger partial charge is 0.323 e. The molecule has 0 unspecified atom stereocenters. The first-order valence-electron chi connectivity index (χ1n) is 6.23. The van der Waals surface area contributed by atoms with E-state index in [2.05, 4.69) is 11.4 Å². The molecule has 20 heavy (non-hydrogen) atoms. The molecule has 0 heterocycles. The van der Waals surface area contributed by atoms with Crippen molar-refractivity contribution in [2.45, 2.75) is 6.92 Å². The van der Waals surface area contributed by atoms with Crippen LogP contribution >= 0.6 is 0 Å². The Morgan fingerprint density at radius 2 is 1.95 bits per heavy atom. The average molecular weight is 262 g/mol. The molecule has 0 bridgehead atoms. The second-order valence-electron chi connectivity index (χ2n) is 4.43. The molecule has 2 rings (SSSR count). The first-order valence-corrected chi connectivity index (χ1v) is 6.23. The van der Waals surface area contributed by atoms with Gasteiger partial charge >= 0.3 is 0 Å². The lowest BCUT2D eigenvalue weighted by atomic mass is 10.1. The fourth-order valence-corrected chi connectivity index (χ4v) is 1.75. The van der Waals surface area contributed by atoms with Crippen molar-refractivity contribution in [3.8, 4) is 6.07 Å². The summed E-state index contributed by atoms with van der Waals surface area (Å²) in [5.74, 6) is -0.181. The highest BCUT2D eigenvalue weighted by atomic mass is 16.1. The van der Waals surface area contributed by atoms with Gasteiger partial charge in [0.25, 0.3) is 0 Å². The Kier molecular flexibility index (Phi) is 4.31. The Balaban J connectivity index is 2.00. The van der Waals surface area contributed by atoms with Crippen molar-refractivity contribution in [1.82, 2.24) is 0 Å². The Morgan fingerprint density at radius 1 is 1.20 bits per heavy atom. The van der Waals surface area contributed by atoms with Crippen molar-refractivity contribution in [3.05, 3.63) is 71.3 Å². The molecule has 0 aromatic heterocycles. The molecular formula is C17H14N2O. The zero-order chi connectivity index (χ0) is 14.4. The maximum atomic E-state index is 11.8. The number of rotatable bonds is 3. The van der Waals surface area contributed by atoms with Gasteiger partial charge in [-0.1, -0.05) is 24.3 Å². The van der Waals surface area contributed by atoms with Crippen LogP contribution in [0.1, 0.15) is 16.7 Å². The van der Waals surface area contributed by atoms with Crippen molar-refractivity contribution < 1.29 is 4.79 Å². The molecule has 0 saturated heterocycles. The van der Waals surface area contributed by atoms with E-state index in [1.165, 1.54) is 6.08 Å². The SMILES string of the molecule is Cc1cccc(NC(=O)/C=C/c2ccc(C#N)cc2)c1. The molecular weight excluding hydrogens is 248 g/mol. The van der Waals surface area contributed by atoms with E-state index in [9.17, 15) is 4.79 Å². The van der Waals surface area contributed by atoms with Gasteiger partial charge in [-0.3, -0.25) is 4.79 Å². The second kappa shape index (κ2) is 6.35. The van der Waals surface area contributed by atoms with Crippen molar-refractivity contribution in [3.63, 3.8) is 0 Å². The number of benzene rings is 2. The molecule has 0 radical (unpaired) electrons. The average Bonchev–Trinajstić information content (AvgIpc) is 2.46. The van der Waals surface area contributed by atoms with Crippen molar-refractivity contribution in [1.29, 1.82) is 5.26 Å². The zero-order valence-corrected chi connectivity index (χ0v) is 11.1. The lowest BCUT2D eigenvalue weighted by Crippen LogP contribution is -2.07. The Hall–Kier alpha value is -2.86. The minimum atomic E-state index is -0.181. The van der Waals surface area contributed by atoms with E-state index in [4.69, 9.17) is 5.26 Å². The number of amides is 1. The minimum Gasteiger partial charge on any atom is -0.323 e. The summed E-state index contributed by atoms with van der Waals surface area (Å²) >= 11 is 0. The highest BCUT2D eigenvalue weighted by molar-refractivity contribution is 6.01. The van der Waals surface area contributed by atoms with E-state index in [1.807, 2.05) is 31.2 Å². The standard InChI is InChI=1S/C17H14N2O/c1-13-3-2-4-16(11-13)19-17(20)10-9-14-5-7-15(12-18)8-6-14/h2-11H,1H3,(H,19,20)/b10-9+. The molecule has 0 fully saturated rings. The fourth-order valence-electron chi connectivity index (χ4n) is 1.75. The molecule has 0 atom stereocenters. The molecule has 1 amide bonds. The van der Waals surface area contributed by atoms with Gasteiger partial charge in [0.1, 0.15) is 0 Å². The summed E-state index contributed by atoms with van der Waals surface area (Å²) in [5, 5.41) is 11.5. The van der Waals surface area contributed by atoms with Crippen LogP contribution in [0.5, 0.6) is 0 Å². The number of nitriles is 1. The van der Waals surface area contributed by atoms with Gasteiger partial charge in [-0.2, -0.15) is 5.26 Å². The summed E-state index contributed by atoms with van der Waals surface area (Å²) in [4.78, 5) is 11.8. The van der Waals surface area contributed by atoms with E-state index in [0.29, 0.717) is 5.56 Å². The smallest absolute Gasteiger partial charge is 0.248 e. The van der Waals surface area contributed by atoms with Gasteiger partial charge in [-0.05, 0) is 48.4 Å². The quantitative estimate of drug-likeness (QED) is 0.860. The summed E-state index contributed by atoms with van der Waals surface area (Å²) in [6, 6.07) is 16.7. The molecule has 0 aliphatic heterocycles. The number of hydrogen-bond acceptors (Lipinski definition) is 2. The van der Waals surface area contributed by atoms with Crippen LogP contribution in [-0.4, -0.2) is 5.91 Å². The Labute approximate surface area is 118 Å². The molecule has 98 valence electrons. The van der Waals surface area contributed by atoms with Crippen LogP contribution in [0, 0.1) is 18.3 Å². The lowest BCUT2D eigenvalue weighted by Gasteiger charge is -2.02. The van der Waals surface area contributed by atoms with Crippen LogP contribution < -0.4 is 5.32 Å². The van der Waals surface area contributed by atoms with Crippen LogP contribution in [-0.2, 0) is 4.79 Å². The van der Waals surface area contributed by atoms with Crippen LogP contribution in [0.3, 0.4) is 0 Å². The third-order valence-corrected chi connectivity index (χ3v) is 2.75. The molecule has 1 N–H and O–H groups in total. The maximum Gasteiger partial charge on any atom is 0.248 e. The maximum absolute atomic E-state index is 11.8. The van der Waals surface area contributed by atoms with Gasteiger partial charge in [-0.25, -0.2) is 0 Å². The first-order chi connectivity index (χ1) is 9.67. The third-order valence-electron chi connectivity index (χ3n) is 2.75. The van der Waals surface area contributed by atoms with E-state index in [-0.39, 0.29) is 5.91 Å². The summed E-state index contributed by atoms with van der Waals surface area (Å²) in [5.41, 5.74) is 3.35. The van der Waals surface area contributed by atoms with Crippen molar-refractivity contribution >= 4 is 17.7 Å². The molecule has 0 saturated carbocycles. The van der Waals surface area contributed by atoms with E-state index >= 15 is 0 Å². The highest BCUT2D eigenvalue weighted by Crippen LogP contribution is 2.10. The molecule has 0 aliphatic rings. The molecule has 0 spiro atoms. The van der Waals surface area contributed by atoms with Crippen LogP contribution in [0.4, 0.5) is 5.69 Å². The topological polar surface area (TPSA) is 52.9 Å². The number of carbonyl (C=O) groups is 1. The molecule has 2 aromatic carbocycles. The number of nitrogens with one attached hydrogen (secondary N) is 1. The molecule has 3 nitrogen and oxygen atoms in total. The van der Waals surface area contributed by atoms with Gasteiger partial charge < -0.3 is 5.32 Å². The number of carbonyl (C=O) groups excluding carboxylic acids is 1. The molecule has 3 heteroatoms. The van der Waals surface area contributed by atoms with Crippen molar-refractivity contribution in [2.24, 2.45) is 0 Å². The van der Waals surface area contributed by atoms with Crippen molar-refractivity contribution in [2.75, 3.05) is 5.32 Å². The number of anilines is 1. The van der Waals surface area contributed by atoms with Gasteiger partial charge in [0.15, 0.2) is 0 Å². The fraction of sp³-hybridized carbons (Fsp3) is 0.0588. The lowest BCUT2D eigenvalue weighted by molar-refractivity contribution is -0.111. The monoisotopic (exact) mass is 262 g/mol. The zero-order valence-electron chi connectivity index (χ0n) is 11.1. The van der Waals surface area contributed by atoms with E-state index in [0.717, 1.165) is 16.8 Å². The number of nitrogens with zero attached hydrogens (tertiary/aromatic N) is 1. The second-order valence-corrected chi connectivity index (χ2v) is 4.43. The van der Waals surface area contributed by atoms with Gasteiger partial charge in [-0.15, -0.1) is 0 Å². The van der Waals surface area contributed by atoms with Crippen LogP contribution in [0.25, 0.3) is 6.08 Å². The predicted octanol–water partition coefficient (Wildman–Crippen LogP) is 3.52. The summed E-state index contributed by atoms with van der Waals surface area (Å²) in [7, 11) is 0. The van der Waals surface area contributed by atoms with Crippen LogP contribution in [0.15, 0.2) is 54.6 Å². The first kappa shape index (κ1) is 13.6. The molecule has 2 aromatic rings. The summed E-state index contributed by atoms with van der Waals surface area (Å²) in [6.07, 6.45) is 3.19. The summed E-state index contributed by atoms with van der Waals surface area (Å²) < 4.78 is 0. The molecule has 0 aliphatic carbocycles. The van der Waals surface area contributed by atoms with E-state index < -0.39 is 0 Å². The predicted molar refractivity (Wildman–Crippen MR) is 80.0 cm³/mol.